The Morgan fingerprint density at radius 1 is 1.78 bits per heavy atom. The molecule has 0 saturated carbocycles. The molecule has 0 bridgehead atoms. The number of carboxylic acid groups (broad SMARTS) is 1. The van der Waals surface area contributed by atoms with Gasteiger partial charge in [-0.3, -0.25) is 4.99 Å². The van der Waals surface area contributed by atoms with E-state index in [-0.39, 0.29) is 12.3 Å². The molecule has 1 N–H and O–H groups in total. The highest BCUT2D eigenvalue weighted by molar-refractivity contribution is 6.36. The van der Waals surface area contributed by atoms with Crippen LogP contribution in [-0.2, 0) is 9.53 Å². The van der Waals surface area contributed by atoms with E-state index in [9.17, 15) is 4.79 Å². The monoisotopic (exact) mass is 129 g/mol. The van der Waals surface area contributed by atoms with Crippen LogP contribution < -0.4 is 0 Å². The van der Waals surface area contributed by atoms with Gasteiger partial charge in [0.1, 0.15) is 5.71 Å². The van der Waals surface area contributed by atoms with E-state index in [4.69, 9.17) is 9.84 Å². The molecule has 0 aromatic heterocycles. The van der Waals surface area contributed by atoms with Gasteiger partial charge in [0.05, 0.1) is 19.8 Å². The van der Waals surface area contributed by atoms with Crippen LogP contribution in [0.1, 0.15) is 0 Å². The molecule has 0 fully saturated rings. The second-order valence-corrected chi connectivity index (χ2v) is 1.69. The summed E-state index contributed by atoms with van der Waals surface area (Å²) in [5.41, 5.74) is 0.126. The molecule has 0 spiro atoms. The molecule has 4 nitrogen and oxygen atoms in total. The summed E-state index contributed by atoms with van der Waals surface area (Å²) in [5, 5.41) is 8.33. The van der Waals surface area contributed by atoms with E-state index in [2.05, 4.69) is 4.99 Å². The van der Waals surface area contributed by atoms with E-state index in [0.717, 1.165) is 0 Å². The summed E-state index contributed by atoms with van der Waals surface area (Å²) in [5.74, 6) is -0.977. The molecule has 1 heterocycles. The smallest absolute Gasteiger partial charge is 0.352 e. The first-order valence-electron chi connectivity index (χ1n) is 2.65. The lowest BCUT2D eigenvalue weighted by atomic mass is 10.4. The highest BCUT2D eigenvalue weighted by Crippen LogP contribution is 1.90. The molecule has 0 saturated heterocycles. The molecule has 1 aliphatic rings. The third-order valence-corrected chi connectivity index (χ3v) is 1.02. The van der Waals surface area contributed by atoms with E-state index in [1.54, 1.807) is 0 Å². The van der Waals surface area contributed by atoms with Crippen LogP contribution in [0, 0.1) is 0 Å². The van der Waals surface area contributed by atoms with Crippen molar-refractivity contribution in [2.24, 2.45) is 4.99 Å². The number of nitrogens with zero attached hydrogens (tertiary/aromatic N) is 1. The molecule has 0 amide bonds. The molecule has 4 heteroatoms. The number of hydrogen-bond acceptors (Lipinski definition) is 3. The average Bonchev–Trinajstić information content (AvgIpc) is 1.90. The predicted molar refractivity (Wildman–Crippen MR) is 30.8 cm³/mol. The van der Waals surface area contributed by atoms with Gasteiger partial charge in [0, 0.05) is 0 Å². The molecular weight excluding hydrogens is 122 g/mol. The zero-order valence-electron chi connectivity index (χ0n) is 4.83. The van der Waals surface area contributed by atoms with Gasteiger partial charge in [0.2, 0.25) is 0 Å². The van der Waals surface area contributed by atoms with Gasteiger partial charge in [-0.1, -0.05) is 0 Å². The summed E-state index contributed by atoms with van der Waals surface area (Å²) >= 11 is 0. The molecule has 50 valence electrons. The van der Waals surface area contributed by atoms with Crippen LogP contribution in [0.25, 0.3) is 0 Å². The number of carbonyl (C=O) groups is 1. The Labute approximate surface area is 52.2 Å². The highest BCUT2D eigenvalue weighted by atomic mass is 16.5. The maximum absolute atomic E-state index is 10.1. The summed E-state index contributed by atoms with van der Waals surface area (Å²) in [7, 11) is 0. The minimum absolute atomic E-state index is 0.126. The fourth-order valence-corrected chi connectivity index (χ4v) is 0.589. The Balaban J connectivity index is 2.57. The van der Waals surface area contributed by atoms with Crippen LogP contribution in [0.3, 0.4) is 0 Å². The number of hydrogen-bond donors (Lipinski definition) is 1. The second kappa shape index (κ2) is 2.59. The zero-order valence-corrected chi connectivity index (χ0v) is 4.83. The number of ether oxygens (including phenoxy) is 1. The zero-order chi connectivity index (χ0) is 6.69. The van der Waals surface area contributed by atoms with Crippen molar-refractivity contribution in [3.63, 3.8) is 0 Å². The topological polar surface area (TPSA) is 58.9 Å². The number of carboxylic acids is 1. The second-order valence-electron chi connectivity index (χ2n) is 1.69. The molecular formula is C5H7NO3. The lowest BCUT2D eigenvalue weighted by Gasteiger charge is -2.07. The van der Waals surface area contributed by atoms with Crippen molar-refractivity contribution in [2.45, 2.75) is 0 Å². The Kier molecular flexibility index (Phi) is 1.79. The normalized spacial score (nSPS) is 18.9. The van der Waals surface area contributed by atoms with Crippen molar-refractivity contribution in [1.82, 2.24) is 0 Å². The molecule has 1 aliphatic heterocycles. The van der Waals surface area contributed by atoms with Gasteiger partial charge in [0.15, 0.2) is 0 Å². The van der Waals surface area contributed by atoms with Crippen LogP contribution in [0.4, 0.5) is 0 Å². The first-order chi connectivity index (χ1) is 4.30. The van der Waals surface area contributed by atoms with Gasteiger partial charge in [-0.2, -0.15) is 0 Å². The maximum atomic E-state index is 10.1. The molecule has 0 aliphatic carbocycles. The average molecular weight is 129 g/mol. The number of rotatable bonds is 1. The Bertz CT molecular complexity index is 152. The van der Waals surface area contributed by atoms with Gasteiger partial charge in [-0.25, -0.2) is 4.79 Å². The summed E-state index contributed by atoms with van der Waals surface area (Å²) in [6.07, 6.45) is 0. The fourth-order valence-electron chi connectivity index (χ4n) is 0.589. The molecule has 9 heavy (non-hydrogen) atoms. The van der Waals surface area contributed by atoms with Gasteiger partial charge < -0.3 is 9.84 Å². The van der Waals surface area contributed by atoms with Crippen LogP contribution >= 0.6 is 0 Å². The molecule has 0 radical (unpaired) electrons. The first kappa shape index (κ1) is 6.22. The van der Waals surface area contributed by atoms with E-state index in [1.165, 1.54) is 0 Å². The SMILES string of the molecule is O=C(O)C1=NCCOC1. The van der Waals surface area contributed by atoms with Crippen molar-refractivity contribution in [3.05, 3.63) is 0 Å². The highest BCUT2D eigenvalue weighted by Gasteiger charge is 2.11. The Morgan fingerprint density at radius 3 is 2.89 bits per heavy atom. The maximum Gasteiger partial charge on any atom is 0.352 e. The summed E-state index contributed by atoms with van der Waals surface area (Å²) in [4.78, 5) is 13.9. The quantitative estimate of drug-likeness (QED) is 0.521. The van der Waals surface area contributed by atoms with Crippen LogP contribution in [-0.4, -0.2) is 36.5 Å². The van der Waals surface area contributed by atoms with Crippen LogP contribution in [0.15, 0.2) is 4.99 Å². The van der Waals surface area contributed by atoms with Crippen LogP contribution in [0.5, 0.6) is 0 Å². The van der Waals surface area contributed by atoms with Gasteiger partial charge in [0.25, 0.3) is 0 Å². The standard InChI is InChI=1S/C5H7NO3/c7-5(8)4-3-9-2-1-6-4/h1-3H2,(H,7,8). The fraction of sp³-hybridized carbons (Fsp3) is 0.600. The van der Waals surface area contributed by atoms with E-state index in [1.807, 2.05) is 0 Å². The molecule has 0 aromatic rings. The lowest BCUT2D eigenvalue weighted by Crippen LogP contribution is -2.25. The van der Waals surface area contributed by atoms with Crippen molar-refractivity contribution >= 4 is 11.7 Å². The largest absolute Gasteiger partial charge is 0.477 e. The van der Waals surface area contributed by atoms with Crippen molar-refractivity contribution in [2.75, 3.05) is 19.8 Å². The summed E-state index contributed by atoms with van der Waals surface area (Å²) < 4.78 is 4.83. The predicted octanol–water partition coefficient (Wildman–Crippen LogP) is -0.458. The van der Waals surface area contributed by atoms with Gasteiger partial charge in [-0.05, 0) is 0 Å². The van der Waals surface area contributed by atoms with Gasteiger partial charge in [-0.15, -0.1) is 0 Å². The van der Waals surface area contributed by atoms with Crippen molar-refractivity contribution in [1.29, 1.82) is 0 Å². The molecule has 0 atom stereocenters. The minimum Gasteiger partial charge on any atom is -0.477 e. The minimum atomic E-state index is -0.977. The number of aliphatic imine (C=N–C) groups is 1. The summed E-state index contributed by atoms with van der Waals surface area (Å²) in [6, 6.07) is 0. The first-order valence-corrected chi connectivity index (χ1v) is 2.65. The molecule has 1 rings (SSSR count). The number of aliphatic carboxylic acids is 1. The Hall–Kier alpha value is -0.900. The van der Waals surface area contributed by atoms with E-state index >= 15 is 0 Å². The third-order valence-electron chi connectivity index (χ3n) is 1.02. The van der Waals surface area contributed by atoms with E-state index in [0.29, 0.717) is 13.2 Å². The van der Waals surface area contributed by atoms with Crippen molar-refractivity contribution in [3.8, 4) is 0 Å². The van der Waals surface area contributed by atoms with Crippen molar-refractivity contribution < 1.29 is 14.6 Å². The van der Waals surface area contributed by atoms with Crippen LogP contribution in [0.2, 0.25) is 0 Å². The lowest BCUT2D eigenvalue weighted by molar-refractivity contribution is -0.129. The van der Waals surface area contributed by atoms with Gasteiger partial charge >= 0.3 is 5.97 Å². The summed E-state index contributed by atoms with van der Waals surface area (Å²) in [6.45, 7) is 1.16. The third kappa shape index (κ3) is 1.50. The Morgan fingerprint density at radius 2 is 2.56 bits per heavy atom. The van der Waals surface area contributed by atoms with E-state index < -0.39 is 5.97 Å². The molecule has 0 unspecified atom stereocenters. The molecule has 0 aromatic carbocycles.